The van der Waals surface area contributed by atoms with Gasteiger partial charge in [0.1, 0.15) is 16.5 Å². The summed E-state index contributed by atoms with van der Waals surface area (Å²) in [5.41, 5.74) is -0.647. The Hall–Kier alpha value is -1.00. The number of rotatable bonds is 2. The monoisotopic (exact) mass is 292 g/mol. The molecule has 0 amide bonds. The van der Waals surface area contributed by atoms with Crippen molar-refractivity contribution in [2.45, 2.75) is 60.4 Å². The van der Waals surface area contributed by atoms with Crippen molar-refractivity contribution in [2.24, 2.45) is 0 Å². The standard InChI is InChI=1S/C16H20O3S/c1-15(20-12-8-4-2-5-9-12)13(17)16(19-14(15)18)10-6-3-7-11-16/h2,4-5,8-9,13,17H,3,6-7,10-11H2,1H3/t13-,15+/m0/s1. The van der Waals surface area contributed by atoms with E-state index in [4.69, 9.17) is 4.74 Å². The Kier molecular flexibility index (Phi) is 3.55. The average molecular weight is 292 g/mol. The van der Waals surface area contributed by atoms with Crippen molar-refractivity contribution in [3.05, 3.63) is 30.3 Å². The van der Waals surface area contributed by atoms with Gasteiger partial charge in [0.25, 0.3) is 0 Å². The highest BCUT2D eigenvalue weighted by atomic mass is 32.2. The lowest BCUT2D eigenvalue weighted by Crippen LogP contribution is -2.48. The summed E-state index contributed by atoms with van der Waals surface area (Å²) < 4.78 is 4.78. The summed E-state index contributed by atoms with van der Waals surface area (Å²) in [6.45, 7) is 1.81. The van der Waals surface area contributed by atoms with Crippen LogP contribution in [0.15, 0.2) is 35.2 Å². The van der Waals surface area contributed by atoms with Gasteiger partial charge in [-0.05, 0) is 44.7 Å². The number of hydrogen-bond acceptors (Lipinski definition) is 4. The summed E-state index contributed by atoms with van der Waals surface area (Å²) >= 11 is 1.41. The molecule has 0 radical (unpaired) electrons. The van der Waals surface area contributed by atoms with E-state index in [1.165, 1.54) is 11.8 Å². The van der Waals surface area contributed by atoms with Crippen LogP contribution in [0, 0.1) is 0 Å². The van der Waals surface area contributed by atoms with Crippen molar-refractivity contribution < 1.29 is 14.6 Å². The van der Waals surface area contributed by atoms with E-state index >= 15 is 0 Å². The fourth-order valence-corrected chi connectivity index (χ4v) is 4.55. The Morgan fingerprint density at radius 2 is 1.85 bits per heavy atom. The molecule has 1 aliphatic carbocycles. The number of benzene rings is 1. The van der Waals surface area contributed by atoms with Gasteiger partial charge in [0.05, 0.1) is 0 Å². The zero-order chi connectivity index (χ0) is 14.2. The molecule has 0 aromatic heterocycles. The minimum Gasteiger partial charge on any atom is -0.455 e. The Balaban J connectivity index is 1.87. The second-order valence-corrected chi connectivity index (χ2v) is 7.46. The Morgan fingerprint density at radius 3 is 2.50 bits per heavy atom. The van der Waals surface area contributed by atoms with Crippen LogP contribution in [0.25, 0.3) is 0 Å². The molecule has 1 saturated carbocycles. The molecule has 1 spiro atoms. The van der Waals surface area contributed by atoms with Crippen LogP contribution in [0.1, 0.15) is 39.0 Å². The largest absolute Gasteiger partial charge is 0.455 e. The number of aliphatic hydroxyl groups is 1. The van der Waals surface area contributed by atoms with Crippen LogP contribution in [-0.4, -0.2) is 27.5 Å². The number of aliphatic hydroxyl groups excluding tert-OH is 1. The molecule has 2 fully saturated rings. The second-order valence-electron chi connectivity index (χ2n) is 5.94. The SMILES string of the molecule is C[C@]1(Sc2ccccc2)C(=O)OC2(CCCCC2)[C@H]1O. The maximum Gasteiger partial charge on any atom is 0.325 e. The summed E-state index contributed by atoms with van der Waals surface area (Å²) in [5, 5.41) is 10.8. The van der Waals surface area contributed by atoms with Crippen LogP contribution in [0.3, 0.4) is 0 Å². The summed E-state index contributed by atoms with van der Waals surface area (Å²) in [6.07, 6.45) is 4.03. The van der Waals surface area contributed by atoms with Gasteiger partial charge in [0, 0.05) is 4.90 Å². The van der Waals surface area contributed by atoms with E-state index in [9.17, 15) is 9.90 Å². The number of hydrogen-bond donors (Lipinski definition) is 1. The molecule has 4 heteroatoms. The molecule has 1 heterocycles. The van der Waals surface area contributed by atoms with Gasteiger partial charge in [-0.2, -0.15) is 0 Å². The fraction of sp³-hybridized carbons (Fsp3) is 0.562. The minimum atomic E-state index is -0.904. The van der Waals surface area contributed by atoms with Crippen molar-refractivity contribution in [1.29, 1.82) is 0 Å². The topological polar surface area (TPSA) is 46.5 Å². The van der Waals surface area contributed by atoms with E-state index in [-0.39, 0.29) is 5.97 Å². The molecule has 1 N–H and O–H groups in total. The van der Waals surface area contributed by atoms with Gasteiger partial charge in [-0.3, -0.25) is 4.79 Å². The summed E-state index contributed by atoms with van der Waals surface area (Å²) in [6, 6.07) is 9.74. The fourth-order valence-electron chi connectivity index (χ4n) is 3.31. The molecule has 1 aromatic carbocycles. The normalized spacial score (nSPS) is 32.3. The van der Waals surface area contributed by atoms with E-state index < -0.39 is 16.5 Å². The van der Waals surface area contributed by atoms with Gasteiger partial charge in [0.15, 0.2) is 0 Å². The number of carbonyl (C=O) groups is 1. The molecule has 2 atom stereocenters. The van der Waals surface area contributed by atoms with Crippen molar-refractivity contribution in [2.75, 3.05) is 0 Å². The van der Waals surface area contributed by atoms with Crippen LogP contribution in [0.4, 0.5) is 0 Å². The van der Waals surface area contributed by atoms with Gasteiger partial charge < -0.3 is 9.84 Å². The van der Waals surface area contributed by atoms with Crippen molar-refractivity contribution in [3.63, 3.8) is 0 Å². The van der Waals surface area contributed by atoms with Crippen LogP contribution < -0.4 is 0 Å². The first-order valence-corrected chi connectivity index (χ1v) is 8.04. The molecule has 3 rings (SSSR count). The molecular formula is C16H20O3S. The molecular weight excluding hydrogens is 272 g/mol. The first kappa shape index (κ1) is 14.0. The highest BCUT2D eigenvalue weighted by Gasteiger charge is 2.62. The highest BCUT2D eigenvalue weighted by Crippen LogP contribution is 2.51. The number of ether oxygens (including phenoxy) is 1. The minimum absolute atomic E-state index is 0.277. The summed E-state index contributed by atoms with van der Waals surface area (Å²) in [5.74, 6) is -0.277. The zero-order valence-corrected chi connectivity index (χ0v) is 12.5. The van der Waals surface area contributed by atoms with Gasteiger partial charge >= 0.3 is 5.97 Å². The van der Waals surface area contributed by atoms with Gasteiger partial charge in [-0.15, -0.1) is 11.8 Å². The lowest BCUT2D eigenvalue weighted by molar-refractivity contribution is -0.154. The molecule has 108 valence electrons. The smallest absolute Gasteiger partial charge is 0.325 e. The quantitative estimate of drug-likeness (QED) is 0.851. The van der Waals surface area contributed by atoms with Crippen LogP contribution in [0.2, 0.25) is 0 Å². The van der Waals surface area contributed by atoms with Crippen molar-refractivity contribution in [1.82, 2.24) is 0 Å². The average Bonchev–Trinajstić information content (AvgIpc) is 2.63. The predicted octanol–water partition coefficient (Wildman–Crippen LogP) is 3.16. The van der Waals surface area contributed by atoms with E-state index in [0.717, 1.165) is 37.0 Å². The third-order valence-corrected chi connectivity index (χ3v) is 5.82. The van der Waals surface area contributed by atoms with E-state index in [1.54, 1.807) is 6.92 Å². The van der Waals surface area contributed by atoms with Crippen molar-refractivity contribution in [3.8, 4) is 0 Å². The number of esters is 1. The first-order chi connectivity index (χ1) is 9.57. The molecule has 0 unspecified atom stereocenters. The zero-order valence-electron chi connectivity index (χ0n) is 11.7. The van der Waals surface area contributed by atoms with Crippen LogP contribution >= 0.6 is 11.8 Å². The summed E-state index contributed by atoms with van der Waals surface area (Å²) in [7, 11) is 0. The molecule has 1 saturated heterocycles. The Bertz CT molecular complexity index is 496. The number of carbonyl (C=O) groups excluding carboxylic acids is 1. The maximum absolute atomic E-state index is 12.4. The molecule has 0 bridgehead atoms. The molecule has 2 aliphatic rings. The van der Waals surface area contributed by atoms with E-state index in [1.807, 2.05) is 30.3 Å². The van der Waals surface area contributed by atoms with Crippen LogP contribution in [0.5, 0.6) is 0 Å². The molecule has 20 heavy (non-hydrogen) atoms. The first-order valence-electron chi connectivity index (χ1n) is 7.22. The third-order valence-electron chi connectivity index (χ3n) is 4.49. The highest BCUT2D eigenvalue weighted by molar-refractivity contribution is 8.01. The van der Waals surface area contributed by atoms with Crippen molar-refractivity contribution >= 4 is 17.7 Å². The third kappa shape index (κ3) is 2.15. The van der Waals surface area contributed by atoms with Gasteiger partial charge in [0.2, 0.25) is 0 Å². The van der Waals surface area contributed by atoms with E-state index in [0.29, 0.717) is 0 Å². The lowest BCUT2D eigenvalue weighted by Gasteiger charge is -2.36. The second kappa shape index (κ2) is 5.08. The molecule has 1 aliphatic heterocycles. The van der Waals surface area contributed by atoms with Gasteiger partial charge in [-0.25, -0.2) is 0 Å². The number of thioether (sulfide) groups is 1. The maximum atomic E-state index is 12.4. The lowest BCUT2D eigenvalue weighted by atomic mass is 9.78. The summed E-state index contributed by atoms with van der Waals surface area (Å²) in [4.78, 5) is 13.4. The van der Waals surface area contributed by atoms with Gasteiger partial charge in [-0.1, -0.05) is 24.6 Å². The molecule has 3 nitrogen and oxygen atoms in total. The Morgan fingerprint density at radius 1 is 1.20 bits per heavy atom. The molecule has 1 aromatic rings. The van der Waals surface area contributed by atoms with E-state index in [2.05, 4.69) is 0 Å². The predicted molar refractivity (Wildman–Crippen MR) is 78.6 cm³/mol. The van der Waals surface area contributed by atoms with Crippen LogP contribution in [-0.2, 0) is 9.53 Å². The Labute approximate surface area is 123 Å².